The van der Waals surface area contributed by atoms with Crippen LogP contribution in [0.5, 0.6) is 0 Å². The molecule has 160 valence electrons. The molecular formula is C22H21ClN4O3S. The van der Waals surface area contributed by atoms with Crippen molar-refractivity contribution < 1.29 is 13.2 Å². The Morgan fingerprint density at radius 3 is 2.65 bits per heavy atom. The highest BCUT2D eigenvalue weighted by Crippen LogP contribution is 2.24. The number of fused-ring (bicyclic) bond motifs is 1. The summed E-state index contributed by atoms with van der Waals surface area (Å²) in [4.78, 5) is 14.5. The van der Waals surface area contributed by atoms with Crippen molar-refractivity contribution in [3.05, 3.63) is 76.8 Å². The van der Waals surface area contributed by atoms with Gasteiger partial charge in [-0.15, -0.1) is 0 Å². The van der Waals surface area contributed by atoms with Gasteiger partial charge in [0.15, 0.2) is 0 Å². The summed E-state index contributed by atoms with van der Waals surface area (Å²) in [6.07, 6.45) is 0.383. The molecule has 1 heterocycles. The molecule has 0 saturated carbocycles. The Labute approximate surface area is 185 Å². The summed E-state index contributed by atoms with van der Waals surface area (Å²) >= 11 is 5.98. The number of carbonyl (C=O) groups is 1. The van der Waals surface area contributed by atoms with Gasteiger partial charge < -0.3 is 10.6 Å². The molecule has 1 saturated heterocycles. The highest BCUT2D eigenvalue weighted by atomic mass is 35.5. The minimum atomic E-state index is -3.87. The normalized spacial score (nSPS) is 16.7. The summed E-state index contributed by atoms with van der Waals surface area (Å²) in [5, 5.41) is 9.70. The number of hydrogen-bond donors (Lipinski definition) is 3. The molecule has 0 aliphatic carbocycles. The first-order chi connectivity index (χ1) is 14.7. The molecule has 3 aromatic carbocycles. The lowest BCUT2D eigenvalue weighted by molar-refractivity contribution is -0.129. The van der Waals surface area contributed by atoms with Crippen molar-refractivity contribution in [1.29, 1.82) is 5.41 Å². The second-order valence-corrected chi connectivity index (χ2v) is 9.64. The third-order valence-corrected chi connectivity index (χ3v) is 6.99. The number of nitrogens with zero attached hydrogens (tertiary/aromatic N) is 1. The largest absolute Gasteiger partial charge is 0.384 e. The van der Waals surface area contributed by atoms with Crippen molar-refractivity contribution in [2.75, 3.05) is 6.54 Å². The van der Waals surface area contributed by atoms with Gasteiger partial charge in [0.1, 0.15) is 11.9 Å². The molecule has 1 aliphatic heterocycles. The van der Waals surface area contributed by atoms with Crippen LogP contribution < -0.4 is 10.5 Å². The number of likely N-dealkylation sites (tertiary alicyclic amines) is 1. The van der Waals surface area contributed by atoms with Crippen molar-refractivity contribution in [3.63, 3.8) is 0 Å². The molecule has 1 aliphatic rings. The molecule has 0 bridgehead atoms. The van der Waals surface area contributed by atoms with Crippen LogP contribution >= 0.6 is 11.6 Å². The molecule has 1 amide bonds. The van der Waals surface area contributed by atoms with Gasteiger partial charge in [-0.25, -0.2) is 8.42 Å². The predicted molar refractivity (Wildman–Crippen MR) is 121 cm³/mol. The van der Waals surface area contributed by atoms with Crippen LogP contribution in [0.4, 0.5) is 0 Å². The molecule has 9 heteroatoms. The van der Waals surface area contributed by atoms with Crippen molar-refractivity contribution in [1.82, 2.24) is 9.62 Å². The van der Waals surface area contributed by atoms with Crippen LogP contribution in [0.25, 0.3) is 10.8 Å². The van der Waals surface area contributed by atoms with Gasteiger partial charge in [-0.1, -0.05) is 41.9 Å². The maximum absolute atomic E-state index is 12.9. The zero-order valence-electron chi connectivity index (χ0n) is 16.5. The molecule has 4 rings (SSSR count). The number of carbonyl (C=O) groups excluding carboxylic acids is 1. The second-order valence-electron chi connectivity index (χ2n) is 7.49. The minimum absolute atomic E-state index is 0.0436. The molecule has 1 fully saturated rings. The van der Waals surface area contributed by atoms with Crippen molar-refractivity contribution in [3.8, 4) is 0 Å². The summed E-state index contributed by atoms with van der Waals surface area (Å²) in [5.74, 6) is -0.317. The topological polar surface area (TPSA) is 116 Å². The molecule has 7 nitrogen and oxygen atoms in total. The first kappa shape index (κ1) is 21.3. The van der Waals surface area contributed by atoms with E-state index in [4.69, 9.17) is 22.7 Å². The van der Waals surface area contributed by atoms with Gasteiger partial charge in [0.2, 0.25) is 15.9 Å². The summed E-state index contributed by atoms with van der Waals surface area (Å²) < 4.78 is 28.3. The zero-order chi connectivity index (χ0) is 22.2. The van der Waals surface area contributed by atoms with Crippen LogP contribution in [-0.4, -0.2) is 37.6 Å². The fourth-order valence-corrected chi connectivity index (χ4v) is 5.12. The van der Waals surface area contributed by atoms with E-state index in [0.29, 0.717) is 30.1 Å². The number of rotatable bonds is 6. The van der Waals surface area contributed by atoms with E-state index in [1.165, 1.54) is 6.07 Å². The van der Waals surface area contributed by atoms with Crippen LogP contribution in [-0.2, 0) is 21.4 Å². The number of sulfonamides is 1. The van der Waals surface area contributed by atoms with Crippen LogP contribution in [0.1, 0.15) is 17.5 Å². The number of nitrogen functional groups attached to an aromatic ring is 1. The van der Waals surface area contributed by atoms with Gasteiger partial charge in [-0.2, -0.15) is 4.72 Å². The smallest absolute Gasteiger partial charge is 0.241 e. The predicted octanol–water partition coefficient (Wildman–Crippen LogP) is 2.86. The molecule has 0 spiro atoms. The first-order valence-corrected chi connectivity index (χ1v) is 11.5. The van der Waals surface area contributed by atoms with Crippen LogP contribution in [0, 0.1) is 5.41 Å². The minimum Gasteiger partial charge on any atom is -0.384 e. The third kappa shape index (κ3) is 4.56. The summed E-state index contributed by atoms with van der Waals surface area (Å²) in [7, 11) is -3.87. The van der Waals surface area contributed by atoms with E-state index < -0.39 is 16.1 Å². The molecule has 3 aromatic rings. The molecule has 4 N–H and O–H groups in total. The molecule has 31 heavy (non-hydrogen) atoms. The quantitative estimate of drug-likeness (QED) is 0.390. The van der Waals surface area contributed by atoms with Gasteiger partial charge in [0.05, 0.1) is 4.90 Å². The fraction of sp³-hybridized carbons (Fsp3) is 0.182. The van der Waals surface area contributed by atoms with E-state index in [-0.39, 0.29) is 16.6 Å². The number of hydrogen-bond acceptors (Lipinski definition) is 4. The van der Waals surface area contributed by atoms with Crippen molar-refractivity contribution in [2.24, 2.45) is 5.73 Å². The molecule has 0 aromatic heterocycles. The number of nitrogens with two attached hydrogens (primary N) is 1. The zero-order valence-corrected chi connectivity index (χ0v) is 18.1. The van der Waals surface area contributed by atoms with Crippen molar-refractivity contribution in [2.45, 2.75) is 23.9 Å². The number of halogens is 1. The van der Waals surface area contributed by atoms with Crippen LogP contribution in [0.3, 0.4) is 0 Å². The Hall–Kier alpha value is -2.94. The Kier molecular flexibility index (Phi) is 5.70. The fourth-order valence-electron chi connectivity index (χ4n) is 3.68. The lowest BCUT2D eigenvalue weighted by Gasteiger charge is -2.18. The summed E-state index contributed by atoms with van der Waals surface area (Å²) in [6.45, 7) is 0.765. The number of benzene rings is 3. The Morgan fingerprint density at radius 2 is 1.87 bits per heavy atom. The standard InChI is InChI=1S/C22H21ClN4O3S/c23-18-6-4-16-12-19(7-5-15(16)11-18)31(29,30)26-20-8-9-27(22(20)28)13-14-2-1-3-17(10-14)21(24)25/h1-7,10-12,20,26H,8-9,13H2,(H3,24,25)/t20-/m0/s1. The van der Waals surface area contributed by atoms with Crippen molar-refractivity contribution >= 4 is 44.1 Å². The maximum atomic E-state index is 12.9. The maximum Gasteiger partial charge on any atom is 0.241 e. The lowest BCUT2D eigenvalue weighted by atomic mass is 10.1. The van der Waals surface area contributed by atoms with Crippen LogP contribution in [0.15, 0.2) is 65.6 Å². The number of amidine groups is 1. The van der Waals surface area contributed by atoms with E-state index in [2.05, 4.69) is 4.72 Å². The highest BCUT2D eigenvalue weighted by Gasteiger charge is 2.35. The van der Waals surface area contributed by atoms with E-state index in [0.717, 1.165) is 16.3 Å². The van der Waals surface area contributed by atoms with E-state index >= 15 is 0 Å². The summed E-state index contributed by atoms with van der Waals surface area (Å²) in [6, 6.07) is 16.3. The molecular weight excluding hydrogens is 436 g/mol. The lowest BCUT2D eigenvalue weighted by Crippen LogP contribution is -2.41. The first-order valence-electron chi connectivity index (χ1n) is 9.67. The monoisotopic (exact) mass is 456 g/mol. The van der Waals surface area contributed by atoms with Gasteiger partial charge in [-0.05, 0) is 53.1 Å². The van der Waals surface area contributed by atoms with Gasteiger partial charge in [0.25, 0.3) is 0 Å². The van der Waals surface area contributed by atoms with E-state index in [1.807, 2.05) is 6.07 Å². The van der Waals surface area contributed by atoms with Gasteiger partial charge in [0, 0.05) is 23.7 Å². The average molecular weight is 457 g/mol. The van der Waals surface area contributed by atoms with E-state index in [1.54, 1.807) is 53.4 Å². The van der Waals surface area contributed by atoms with E-state index in [9.17, 15) is 13.2 Å². The average Bonchev–Trinajstić information content (AvgIpc) is 3.06. The summed E-state index contributed by atoms with van der Waals surface area (Å²) in [5.41, 5.74) is 6.94. The highest BCUT2D eigenvalue weighted by molar-refractivity contribution is 7.89. The Morgan fingerprint density at radius 1 is 1.13 bits per heavy atom. The molecule has 0 radical (unpaired) electrons. The number of nitrogens with one attached hydrogen (secondary N) is 2. The SMILES string of the molecule is N=C(N)c1cccc(CN2CC[C@H](NS(=O)(=O)c3ccc4cc(Cl)ccc4c3)C2=O)c1. The van der Waals surface area contributed by atoms with Crippen LogP contribution in [0.2, 0.25) is 5.02 Å². The second kappa shape index (κ2) is 8.30. The Bertz CT molecular complexity index is 1290. The number of amides is 1. The third-order valence-electron chi connectivity index (χ3n) is 5.29. The Balaban J connectivity index is 1.48. The molecule has 1 atom stereocenters. The van der Waals surface area contributed by atoms with Gasteiger partial charge in [-0.3, -0.25) is 10.2 Å². The molecule has 0 unspecified atom stereocenters. The van der Waals surface area contributed by atoms with Gasteiger partial charge >= 0.3 is 0 Å².